The van der Waals surface area contributed by atoms with Crippen LogP contribution in [0, 0.1) is 44.0 Å². The van der Waals surface area contributed by atoms with E-state index in [2.05, 4.69) is 0 Å². The van der Waals surface area contributed by atoms with Crippen LogP contribution in [0.1, 0.15) is 33.5 Å². The van der Waals surface area contributed by atoms with Crippen LogP contribution >= 0.6 is 0 Å². The zero-order chi connectivity index (χ0) is 33.3. The summed E-state index contributed by atoms with van der Waals surface area (Å²) >= 11 is 0. The van der Waals surface area contributed by atoms with Crippen LogP contribution in [0.4, 0.5) is 17.6 Å². The van der Waals surface area contributed by atoms with Crippen molar-refractivity contribution < 1.29 is 31.5 Å². The Morgan fingerprint density at radius 3 is 2.04 bits per heavy atom. The highest BCUT2D eigenvalue weighted by Crippen LogP contribution is 2.40. The molecule has 0 saturated carbocycles. The standard InChI is InChI=1S/C37H25F4NO5/c1-17-13-21(14-18(2)26(17)16-43)46-12-4-11-42-36(44)23-7-6-22-25-15-20(29-32(38)19(3)33(39)35(41)34(29)40)5-9-27(25)47-28-10-8-24(37(42)45)30(23)31(22)28/h5-10,13-16H,4,11-12H2,1-3H3. The minimum absolute atomic E-state index is 0.0428. The Morgan fingerprint density at radius 1 is 0.723 bits per heavy atom. The number of aryl methyl sites for hydroxylation is 2. The summed E-state index contributed by atoms with van der Waals surface area (Å²) in [5.74, 6) is -5.66. The summed E-state index contributed by atoms with van der Waals surface area (Å²) < 4.78 is 71.3. The van der Waals surface area contributed by atoms with Gasteiger partial charge in [-0.3, -0.25) is 19.0 Å². The third-order valence-corrected chi connectivity index (χ3v) is 8.81. The van der Waals surface area contributed by atoms with E-state index in [1.807, 2.05) is 13.8 Å². The number of halogens is 4. The Labute approximate surface area is 263 Å². The molecular formula is C37H25F4NO5. The number of aldehydes is 1. The third-order valence-electron chi connectivity index (χ3n) is 8.81. The molecule has 0 bridgehead atoms. The predicted molar refractivity (Wildman–Crippen MR) is 172 cm³/mol. The summed E-state index contributed by atoms with van der Waals surface area (Å²) in [4.78, 5) is 38.6. The second-order valence-electron chi connectivity index (χ2n) is 11.6. The van der Waals surface area contributed by atoms with Crippen molar-refractivity contribution in [3.05, 3.63) is 121 Å². The quantitative estimate of drug-likeness (QED) is 0.0334. The number of fused-ring (bicyclic) bond motifs is 2. The largest absolute Gasteiger partial charge is 0.494 e. The van der Waals surface area contributed by atoms with Gasteiger partial charge >= 0.3 is 0 Å². The Kier molecular flexibility index (Phi) is 7.11. The maximum Gasteiger partial charge on any atom is 0.261 e. The molecular weight excluding hydrogens is 614 g/mol. The van der Waals surface area contributed by atoms with Crippen LogP contribution in [0.15, 0.2) is 68.6 Å². The number of ether oxygens (including phenoxy) is 1. The van der Waals surface area contributed by atoms with Crippen molar-refractivity contribution in [3.63, 3.8) is 0 Å². The summed E-state index contributed by atoms with van der Waals surface area (Å²) in [5.41, 5.74) is 0.512. The topological polar surface area (TPSA) is 78.5 Å². The average molecular weight is 640 g/mol. The van der Waals surface area contributed by atoms with Gasteiger partial charge in [-0.25, -0.2) is 17.6 Å². The van der Waals surface area contributed by atoms with Crippen LogP contribution < -0.4 is 15.9 Å². The van der Waals surface area contributed by atoms with Gasteiger partial charge in [-0.1, -0.05) is 12.1 Å². The van der Waals surface area contributed by atoms with Gasteiger partial charge in [-0.05, 0) is 91.7 Å². The molecule has 7 aromatic rings. The maximum absolute atomic E-state index is 15.1. The van der Waals surface area contributed by atoms with Crippen LogP contribution in [-0.4, -0.2) is 17.5 Å². The molecule has 5 aromatic carbocycles. The van der Waals surface area contributed by atoms with E-state index >= 15 is 4.39 Å². The number of carbonyl (C=O) groups is 1. The molecule has 0 fully saturated rings. The number of pyridine rings is 1. The van der Waals surface area contributed by atoms with Crippen molar-refractivity contribution in [2.75, 3.05) is 6.61 Å². The van der Waals surface area contributed by atoms with Crippen LogP contribution in [-0.2, 0) is 6.54 Å². The van der Waals surface area contributed by atoms with Crippen LogP contribution in [0.2, 0.25) is 0 Å². The molecule has 2 aromatic heterocycles. The SMILES string of the molecule is Cc1cc(OCCCn2c(=O)c3ccc4oc5ccc(-c6c(F)c(C)c(F)c(F)c6F)cc5c5ccc(c2=O)c3c45)cc(C)c1C=O. The first kappa shape index (κ1) is 30.2. The minimum Gasteiger partial charge on any atom is -0.494 e. The Bertz CT molecular complexity index is 2480. The monoisotopic (exact) mass is 639 g/mol. The van der Waals surface area contributed by atoms with Crippen molar-refractivity contribution in [1.29, 1.82) is 0 Å². The number of benzene rings is 5. The molecule has 0 amide bonds. The molecule has 6 nitrogen and oxygen atoms in total. The fraction of sp³-hybridized carbons (Fsp3) is 0.162. The lowest BCUT2D eigenvalue weighted by atomic mass is 9.94. The van der Waals surface area contributed by atoms with Crippen molar-refractivity contribution >= 4 is 49.8 Å². The van der Waals surface area contributed by atoms with Gasteiger partial charge in [0.25, 0.3) is 11.1 Å². The lowest BCUT2D eigenvalue weighted by Gasteiger charge is -2.15. The highest BCUT2D eigenvalue weighted by molar-refractivity contribution is 6.26. The van der Waals surface area contributed by atoms with E-state index < -0.39 is 45.5 Å². The van der Waals surface area contributed by atoms with Crippen LogP contribution in [0.3, 0.4) is 0 Å². The lowest BCUT2D eigenvalue weighted by molar-refractivity contribution is 0.112. The molecule has 0 spiro atoms. The number of nitrogens with zero attached hydrogens (tertiary/aromatic N) is 1. The maximum atomic E-state index is 15.1. The first-order chi connectivity index (χ1) is 22.5. The summed E-state index contributed by atoms with van der Waals surface area (Å²) in [7, 11) is 0. The van der Waals surface area contributed by atoms with Gasteiger partial charge < -0.3 is 9.15 Å². The molecule has 0 aliphatic rings. The van der Waals surface area contributed by atoms with Gasteiger partial charge in [-0.2, -0.15) is 0 Å². The number of rotatable bonds is 7. The van der Waals surface area contributed by atoms with E-state index in [1.165, 1.54) is 22.8 Å². The first-order valence-electron chi connectivity index (χ1n) is 14.8. The van der Waals surface area contributed by atoms with E-state index in [0.29, 0.717) is 50.4 Å². The highest BCUT2D eigenvalue weighted by atomic mass is 19.2. The van der Waals surface area contributed by atoms with Gasteiger partial charge in [0, 0.05) is 44.6 Å². The molecule has 0 saturated heterocycles. The molecule has 10 heteroatoms. The van der Waals surface area contributed by atoms with Gasteiger partial charge in [0.05, 0.1) is 12.2 Å². The summed E-state index contributed by atoms with van der Waals surface area (Å²) in [6, 6.07) is 14.2. The second kappa shape index (κ2) is 11.1. The first-order valence-corrected chi connectivity index (χ1v) is 14.8. The zero-order valence-corrected chi connectivity index (χ0v) is 25.4. The molecule has 47 heavy (non-hydrogen) atoms. The van der Waals surface area contributed by atoms with Crippen LogP contribution in [0.25, 0.3) is 54.6 Å². The lowest BCUT2D eigenvalue weighted by Crippen LogP contribution is -2.33. The number of aromatic nitrogens is 1. The van der Waals surface area contributed by atoms with Gasteiger partial charge in [-0.15, -0.1) is 0 Å². The minimum atomic E-state index is -1.77. The number of hydrogen-bond acceptors (Lipinski definition) is 5. The zero-order valence-electron chi connectivity index (χ0n) is 25.4. The summed E-state index contributed by atoms with van der Waals surface area (Å²) in [5, 5.41) is 2.37. The number of hydrogen-bond donors (Lipinski definition) is 0. The third kappa shape index (κ3) is 4.58. The summed E-state index contributed by atoms with van der Waals surface area (Å²) in [6.07, 6.45) is 1.16. The molecule has 0 atom stereocenters. The van der Waals surface area contributed by atoms with E-state index in [-0.39, 0.29) is 29.5 Å². The molecule has 7 rings (SSSR count). The Balaban J connectivity index is 1.30. The highest BCUT2D eigenvalue weighted by Gasteiger charge is 2.25. The molecule has 0 aliphatic heterocycles. The second-order valence-corrected chi connectivity index (χ2v) is 11.6. The summed E-state index contributed by atoms with van der Waals surface area (Å²) in [6.45, 7) is 4.98. The van der Waals surface area contributed by atoms with Gasteiger partial charge in [0.15, 0.2) is 23.7 Å². The average Bonchev–Trinajstić information content (AvgIpc) is 3.06. The van der Waals surface area contributed by atoms with Crippen molar-refractivity contribution in [2.45, 2.75) is 33.7 Å². The molecule has 2 heterocycles. The van der Waals surface area contributed by atoms with Crippen molar-refractivity contribution in [3.8, 4) is 16.9 Å². The van der Waals surface area contributed by atoms with Crippen molar-refractivity contribution in [2.24, 2.45) is 0 Å². The smallest absolute Gasteiger partial charge is 0.261 e. The molecule has 0 radical (unpaired) electrons. The van der Waals surface area contributed by atoms with E-state index in [4.69, 9.17) is 9.15 Å². The fourth-order valence-electron chi connectivity index (χ4n) is 6.44. The molecule has 0 unspecified atom stereocenters. The molecule has 236 valence electrons. The van der Waals surface area contributed by atoms with Gasteiger partial charge in [0.2, 0.25) is 0 Å². The van der Waals surface area contributed by atoms with Crippen LogP contribution in [0.5, 0.6) is 5.75 Å². The van der Waals surface area contributed by atoms with E-state index in [1.54, 1.807) is 36.4 Å². The van der Waals surface area contributed by atoms with Gasteiger partial charge in [0.1, 0.15) is 22.7 Å². The Morgan fingerprint density at radius 2 is 1.36 bits per heavy atom. The fourth-order valence-corrected chi connectivity index (χ4v) is 6.44. The normalized spacial score (nSPS) is 11.8. The number of carbonyl (C=O) groups excluding carboxylic acids is 1. The van der Waals surface area contributed by atoms with Crippen molar-refractivity contribution in [1.82, 2.24) is 4.57 Å². The Hall–Kier alpha value is -5.51. The molecule has 0 N–H and O–H groups in total. The van der Waals surface area contributed by atoms with E-state index in [0.717, 1.165) is 24.3 Å². The van der Waals surface area contributed by atoms with E-state index in [9.17, 15) is 27.6 Å². The predicted octanol–water partition coefficient (Wildman–Crippen LogP) is 8.28. The molecule has 0 aliphatic carbocycles.